The van der Waals surface area contributed by atoms with Crippen LogP contribution in [0.15, 0.2) is 158 Å². The normalized spacial score (nSPS) is 11.7. The molecule has 0 radical (unpaired) electrons. The van der Waals surface area contributed by atoms with E-state index in [1.54, 1.807) is 0 Å². The van der Waals surface area contributed by atoms with Crippen LogP contribution in [0.25, 0.3) is 94.0 Å². The molecule has 0 spiro atoms. The molecular weight excluding hydrogens is 623 g/mol. The minimum absolute atomic E-state index is 0.691. The number of fused-ring (bicyclic) bond motifs is 7. The second kappa shape index (κ2) is 11.7. The third kappa shape index (κ3) is 4.70. The van der Waals surface area contributed by atoms with E-state index >= 15 is 0 Å². The van der Waals surface area contributed by atoms with Gasteiger partial charge in [0.2, 0.25) is 0 Å². The molecule has 5 nitrogen and oxygen atoms in total. The SMILES string of the molecule is CCc1nc2c3c(-c4ccc(-c5nc(-c6cccc7ccccc67)c6ccccc6n5)cc4)nc4ccccc4c3ccc2n1-c1ccccc1. The van der Waals surface area contributed by atoms with Crippen LogP contribution in [-0.4, -0.2) is 24.5 Å². The van der Waals surface area contributed by atoms with E-state index in [9.17, 15) is 0 Å². The first-order chi connectivity index (χ1) is 25.2. The molecule has 0 bridgehead atoms. The molecule has 3 aromatic heterocycles. The van der Waals surface area contributed by atoms with Crippen LogP contribution in [0, 0.1) is 0 Å². The van der Waals surface area contributed by atoms with E-state index in [0.29, 0.717) is 5.82 Å². The van der Waals surface area contributed by atoms with Gasteiger partial charge in [-0.15, -0.1) is 0 Å². The lowest BCUT2D eigenvalue weighted by Gasteiger charge is -2.13. The van der Waals surface area contributed by atoms with Crippen molar-refractivity contribution in [3.63, 3.8) is 0 Å². The zero-order valence-corrected chi connectivity index (χ0v) is 28.0. The first-order valence-corrected chi connectivity index (χ1v) is 17.4. The first kappa shape index (κ1) is 29.2. The summed E-state index contributed by atoms with van der Waals surface area (Å²) < 4.78 is 2.28. The maximum atomic E-state index is 5.31. The van der Waals surface area contributed by atoms with Gasteiger partial charge in [-0.25, -0.2) is 19.9 Å². The third-order valence-corrected chi connectivity index (χ3v) is 9.95. The van der Waals surface area contributed by atoms with Crippen molar-refractivity contribution in [2.45, 2.75) is 13.3 Å². The number of benzene rings is 7. The Morgan fingerprint density at radius 1 is 0.471 bits per heavy atom. The third-order valence-electron chi connectivity index (χ3n) is 9.95. The molecule has 10 aromatic rings. The molecule has 0 saturated heterocycles. The molecule has 0 atom stereocenters. The second-order valence-electron chi connectivity index (χ2n) is 12.9. The minimum atomic E-state index is 0.691. The number of imidazole rings is 1. The number of pyridine rings is 1. The molecule has 5 heteroatoms. The van der Waals surface area contributed by atoms with Crippen molar-refractivity contribution in [1.29, 1.82) is 0 Å². The monoisotopic (exact) mass is 653 g/mol. The average molecular weight is 654 g/mol. The summed E-state index contributed by atoms with van der Waals surface area (Å²) in [5.74, 6) is 1.71. The van der Waals surface area contributed by atoms with Crippen LogP contribution in [0.4, 0.5) is 0 Å². The molecule has 0 aliphatic carbocycles. The summed E-state index contributed by atoms with van der Waals surface area (Å²) in [6, 6.07) is 55.0. The summed E-state index contributed by atoms with van der Waals surface area (Å²) in [6.07, 6.45) is 0.808. The number of hydrogen-bond donors (Lipinski definition) is 0. The number of para-hydroxylation sites is 3. The van der Waals surface area contributed by atoms with Crippen LogP contribution in [0.5, 0.6) is 0 Å². The highest BCUT2D eigenvalue weighted by atomic mass is 15.1. The fourth-order valence-electron chi connectivity index (χ4n) is 7.56. The first-order valence-electron chi connectivity index (χ1n) is 17.4. The highest BCUT2D eigenvalue weighted by Crippen LogP contribution is 2.39. The number of aryl methyl sites for hydroxylation is 1. The number of aromatic nitrogens is 5. The average Bonchev–Trinajstić information content (AvgIpc) is 3.59. The Labute approximate surface area is 294 Å². The predicted octanol–water partition coefficient (Wildman–Crippen LogP) is 11.4. The second-order valence-corrected chi connectivity index (χ2v) is 12.9. The van der Waals surface area contributed by atoms with Crippen LogP contribution in [-0.2, 0) is 6.42 Å². The van der Waals surface area contributed by atoms with Crippen molar-refractivity contribution in [2.24, 2.45) is 0 Å². The maximum Gasteiger partial charge on any atom is 0.160 e. The van der Waals surface area contributed by atoms with E-state index in [-0.39, 0.29) is 0 Å². The Bertz CT molecular complexity index is 2940. The summed E-state index contributed by atoms with van der Waals surface area (Å²) in [7, 11) is 0. The number of hydrogen-bond acceptors (Lipinski definition) is 4. The predicted molar refractivity (Wildman–Crippen MR) is 210 cm³/mol. The Morgan fingerprint density at radius 3 is 1.94 bits per heavy atom. The van der Waals surface area contributed by atoms with Gasteiger partial charge in [0, 0.05) is 45.0 Å². The summed E-state index contributed by atoms with van der Waals surface area (Å²) in [5, 5.41) is 6.71. The van der Waals surface area contributed by atoms with Gasteiger partial charge < -0.3 is 0 Å². The Hall–Kier alpha value is -6.72. The molecule has 0 aliphatic rings. The molecule has 0 aliphatic heterocycles. The maximum absolute atomic E-state index is 5.31. The van der Waals surface area contributed by atoms with Gasteiger partial charge in [-0.05, 0) is 46.5 Å². The Morgan fingerprint density at radius 2 is 1.14 bits per heavy atom. The fraction of sp³-hybridized carbons (Fsp3) is 0.0435. The van der Waals surface area contributed by atoms with Crippen molar-refractivity contribution in [3.05, 3.63) is 164 Å². The quantitative estimate of drug-likeness (QED) is 0.173. The van der Waals surface area contributed by atoms with Gasteiger partial charge in [0.15, 0.2) is 5.82 Å². The largest absolute Gasteiger partial charge is 0.296 e. The van der Waals surface area contributed by atoms with E-state index in [2.05, 4.69) is 163 Å². The van der Waals surface area contributed by atoms with E-state index < -0.39 is 0 Å². The Kier molecular flexibility index (Phi) is 6.71. The minimum Gasteiger partial charge on any atom is -0.296 e. The van der Waals surface area contributed by atoms with Crippen LogP contribution in [0.3, 0.4) is 0 Å². The zero-order chi connectivity index (χ0) is 33.9. The molecular formula is C46H31N5. The molecule has 51 heavy (non-hydrogen) atoms. The highest BCUT2D eigenvalue weighted by molar-refractivity contribution is 6.20. The molecule has 0 N–H and O–H groups in total. The molecule has 0 amide bonds. The fourth-order valence-corrected chi connectivity index (χ4v) is 7.56. The van der Waals surface area contributed by atoms with Gasteiger partial charge in [0.25, 0.3) is 0 Å². The highest BCUT2D eigenvalue weighted by Gasteiger charge is 2.20. The molecule has 0 saturated carbocycles. The van der Waals surface area contributed by atoms with Crippen LogP contribution in [0.1, 0.15) is 12.7 Å². The zero-order valence-electron chi connectivity index (χ0n) is 28.0. The number of nitrogens with zero attached hydrogens (tertiary/aromatic N) is 5. The Balaban J connectivity index is 1.17. The van der Waals surface area contributed by atoms with Crippen molar-refractivity contribution in [3.8, 4) is 39.6 Å². The van der Waals surface area contributed by atoms with Gasteiger partial charge in [-0.2, -0.15) is 0 Å². The van der Waals surface area contributed by atoms with Crippen molar-refractivity contribution in [1.82, 2.24) is 24.5 Å². The van der Waals surface area contributed by atoms with Crippen molar-refractivity contribution < 1.29 is 0 Å². The molecule has 10 rings (SSSR count). The summed E-state index contributed by atoms with van der Waals surface area (Å²) >= 11 is 0. The van der Waals surface area contributed by atoms with E-state index in [0.717, 1.165) is 89.6 Å². The summed E-state index contributed by atoms with van der Waals surface area (Å²) in [5.41, 5.74) is 9.93. The van der Waals surface area contributed by atoms with Crippen molar-refractivity contribution >= 4 is 54.4 Å². The van der Waals surface area contributed by atoms with E-state index in [4.69, 9.17) is 19.9 Å². The van der Waals surface area contributed by atoms with Gasteiger partial charge >= 0.3 is 0 Å². The standard InChI is InChI=1S/C46H31N5/c1-2-41-49-45-40(51(41)32-15-4-3-5-16-32)28-27-35-34-18-8-10-21-38(34)47-43(42(35)45)30-23-25-31(26-24-30)46-48-39-22-11-9-19-37(39)44(50-46)36-20-12-14-29-13-6-7-17-33(29)36/h3-28H,2H2,1H3. The summed E-state index contributed by atoms with van der Waals surface area (Å²) in [4.78, 5) is 20.9. The molecule has 7 aromatic carbocycles. The van der Waals surface area contributed by atoms with Crippen molar-refractivity contribution in [2.75, 3.05) is 0 Å². The molecule has 3 heterocycles. The molecule has 240 valence electrons. The lowest BCUT2D eigenvalue weighted by Crippen LogP contribution is -1.99. The van der Waals surface area contributed by atoms with Gasteiger partial charge in [0.05, 0.1) is 33.5 Å². The van der Waals surface area contributed by atoms with Crippen LogP contribution >= 0.6 is 0 Å². The smallest absolute Gasteiger partial charge is 0.160 e. The molecule has 0 fully saturated rings. The topological polar surface area (TPSA) is 56.5 Å². The summed E-state index contributed by atoms with van der Waals surface area (Å²) in [6.45, 7) is 2.16. The van der Waals surface area contributed by atoms with Crippen LogP contribution in [0.2, 0.25) is 0 Å². The van der Waals surface area contributed by atoms with Gasteiger partial charge in [-0.1, -0.05) is 134 Å². The van der Waals surface area contributed by atoms with Gasteiger partial charge in [0.1, 0.15) is 5.82 Å². The van der Waals surface area contributed by atoms with Crippen LogP contribution < -0.4 is 0 Å². The molecule has 0 unspecified atom stereocenters. The number of rotatable bonds is 5. The van der Waals surface area contributed by atoms with E-state index in [1.807, 2.05) is 6.07 Å². The lowest BCUT2D eigenvalue weighted by molar-refractivity contribution is 0.908. The van der Waals surface area contributed by atoms with Gasteiger partial charge in [-0.3, -0.25) is 4.57 Å². The van der Waals surface area contributed by atoms with E-state index in [1.165, 1.54) is 10.8 Å². The lowest BCUT2D eigenvalue weighted by atomic mass is 9.97.